The van der Waals surface area contributed by atoms with E-state index in [1.165, 1.54) is 17.5 Å². The predicted octanol–water partition coefficient (Wildman–Crippen LogP) is 5.16. The Balaban J connectivity index is 1.65. The van der Waals surface area contributed by atoms with E-state index in [0.717, 1.165) is 48.3 Å². The van der Waals surface area contributed by atoms with Gasteiger partial charge in [-0.3, -0.25) is 19.7 Å². The first-order valence-electron chi connectivity index (χ1n) is 9.15. The van der Waals surface area contributed by atoms with Crippen molar-refractivity contribution in [3.05, 3.63) is 26.9 Å². The lowest BCUT2D eigenvalue weighted by molar-refractivity contribution is -0.380. The number of unbranched alkanes of at least 4 members (excludes halogenated alkanes) is 2. The highest BCUT2D eigenvalue weighted by Crippen LogP contribution is 2.47. The molecule has 2 heterocycles. The summed E-state index contributed by atoms with van der Waals surface area (Å²) in [7, 11) is 0. The van der Waals surface area contributed by atoms with Crippen LogP contribution in [0.5, 0.6) is 0 Å². The number of thiazole rings is 2. The number of carbonyl (C=O) groups is 2. The van der Waals surface area contributed by atoms with E-state index in [9.17, 15) is 19.7 Å². The Hall–Kier alpha value is -2.00. The zero-order valence-electron chi connectivity index (χ0n) is 15.1. The number of aromatic nitrogens is 2. The molecule has 2 aromatic rings. The molecule has 1 fully saturated rings. The summed E-state index contributed by atoms with van der Waals surface area (Å²) in [5.74, 6) is 0.665. The monoisotopic (exact) mass is 407 g/mol. The Morgan fingerprint density at radius 2 is 1.93 bits per heavy atom. The molecule has 0 N–H and O–H groups in total. The third kappa shape index (κ3) is 5.04. The van der Waals surface area contributed by atoms with Crippen LogP contribution in [-0.2, 0) is 4.79 Å². The number of rotatable bonds is 11. The van der Waals surface area contributed by atoms with Crippen molar-refractivity contribution in [1.82, 2.24) is 9.97 Å². The van der Waals surface area contributed by atoms with Crippen LogP contribution >= 0.6 is 22.7 Å². The van der Waals surface area contributed by atoms with E-state index in [1.54, 1.807) is 0 Å². The van der Waals surface area contributed by atoms with Crippen molar-refractivity contribution >= 4 is 39.2 Å². The van der Waals surface area contributed by atoms with Crippen LogP contribution < -0.4 is 0 Å². The average molecular weight is 408 g/mol. The summed E-state index contributed by atoms with van der Waals surface area (Å²) < 4.78 is 0. The fourth-order valence-corrected chi connectivity index (χ4v) is 4.78. The molecular formula is C18H21N3O4S2. The van der Waals surface area contributed by atoms with Gasteiger partial charge in [0, 0.05) is 24.1 Å². The maximum Gasteiger partial charge on any atom is 0.344 e. The SMILES string of the molecule is CCC(=O)CCCCCC(=O)c1nc(-c2ncc([N+](=O)[O-])s2)sc1C1CC1. The van der Waals surface area contributed by atoms with Gasteiger partial charge in [-0.15, -0.1) is 11.3 Å². The molecule has 0 atom stereocenters. The Bertz CT molecular complexity index is 855. The number of hydrogen-bond acceptors (Lipinski definition) is 8. The summed E-state index contributed by atoms with van der Waals surface area (Å²) in [6, 6.07) is 0. The first-order valence-corrected chi connectivity index (χ1v) is 10.8. The van der Waals surface area contributed by atoms with Crippen LogP contribution in [0.25, 0.3) is 10.0 Å². The molecule has 1 aliphatic rings. The summed E-state index contributed by atoms with van der Waals surface area (Å²) >= 11 is 2.42. The second kappa shape index (κ2) is 8.79. The molecule has 0 radical (unpaired) electrons. The molecule has 27 heavy (non-hydrogen) atoms. The third-order valence-electron chi connectivity index (χ3n) is 4.48. The lowest BCUT2D eigenvalue weighted by Crippen LogP contribution is -2.03. The molecule has 0 bridgehead atoms. The van der Waals surface area contributed by atoms with Crippen LogP contribution in [0.2, 0.25) is 0 Å². The van der Waals surface area contributed by atoms with E-state index >= 15 is 0 Å². The van der Waals surface area contributed by atoms with Gasteiger partial charge in [0.05, 0.1) is 4.92 Å². The first kappa shape index (κ1) is 19.8. The van der Waals surface area contributed by atoms with Crippen molar-refractivity contribution < 1.29 is 14.5 Å². The lowest BCUT2D eigenvalue weighted by atomic mass is 10.0. The predicted molar refractivity (Wildman–Crippen MR) is 105 cm³/mol. The number of carbonyl (C=O) groups excluding carboxylic acids is 2. The molecule has 0 amide bonds. The highest BCUT2D eigenvalue weighted by atomic mass is 32.1. The second-order valence-electron chi connectivity index (χ2n) is 6.64. The van der Waals surface area contributed by atoms with Crippen LogP contribution in [0.1, 0.15) is 79.6 Å². The number of hydrogen-bond donors (Lipinski definition) is 0. The summed E-state index contributed by atoms with van der Waals surface area (Å²) in [5, 5.41) is 11.9. The molecule has 0 aromatic carbocycles. The molecule has 1 saturated carbocycles. The molecule has 7 nitrogen and oxygen atoms in total. The topological polar surface area (TPSA) is 103 Å². The minimum Gasteiger partial charge on any atom is -0.300 e. The molecule has 0 aliphatic heterocycles. The highest BCUT2D eigenvalue weighted by Gasteiger charge is 2.32. The van der Waals surface area contributed by atoms with Gasteiger partial charge in [-0.25, -0.2) is 9.97 Å². The van der Waals surface area contributed by atoms with Gasteiger partial charge in [0.2, 0.25) is 0 Å². The molecule has 2 aromatic heterocycles. The molecular weight excluding hydrogens is 386 g/mol. The molecule has 0 unspecified atom stereocenters. The van der Waals surface area contributed by atoms with Crippen LogP contribution in [0.15, 0.2) is 6.20 Å². The average Bonchev–Trinajstić information content (AvgIpc) is 3.20. The smallest absolute Gasteiger partial charge is 0.300 e. The van der Waals surface area contributed by atoms with Gasteiger partial charge < -0.3 is 0 Å². The van der Waals surface area contributed by atoms with E-state index in [-0.39, 0.29) is 16.6 Å². The van der Waals surface area contributed by atoms with Crippen molar-refractivity contribution in [2.24, 2.45) is 0 Å². The number of nitro groups is 1. The summed E-state index contributed by atoms with van der Waals surface area (Å²) in [6.07, 6.45) is 7.33. The van der Waals surface area contributed by atoms with E-state index in [2.05, 4.69) is 9.97 Å². The number of nitrogens with zero attached hydrogens (tertiary/aromatic N) is 3. The number of ketones is 2. The highest BCUT2D eigenvalue weighted by molar-refractivity contribution is 7.23. The standard InChI is InChI=1S/C18H21N3O4S2/c1-2-12(22)6-4-3-5-7-13(23)15-16(11-8-9-11)27-18(20-15)17-19-10-14(26-17)21(24)25/h10-11H,2-9H2,1H3. The first-order chi connectivity index (χ1) is 13.0. The maximum absolute atomic E-state index is 12.7. The summed E-state index contributed by atoms with van der Waals surface area (Å²) in [6.45, 7) is 1.86. The minimum absolute atomic E-state index is 0.0206. The quantitative estimate of drug-likeness (QED) is 0.220. The summed E-state index contributed by atoms with van der Waals surface area (Å²) in [4.78, 5) is 44.0. The van der Waals surface area contributed by atoms with E-state index in [1.807, 2.05) is 6.92 Å². The normalized spacial score (nSPS) is 13.7. The van der Waals surface area contributed by atoms with Crippen molar-refractivity contribution in [3.63, 3.8) is 0 Å². The molecule has 144 valence electrons. The zero-order valence-corrected chi connectivity index (χ0v) is 16.7. The van der Waals surface area contributed by atoms with E-state index in [4.69, 9.17) is 0 Å². The Morgan fingerprint density at radius 3 is 2.56 bits per heavy atom. The molecule has 0 spiro atoms. The van der Waals surface area contributed by atoms with Crippen molar-refractivity contribution in [1.29, 1.82) is 0 Å². The van der Waals surface area contributed by atoms with Gasteiger partial charge in [-0.1, -0.05) is 13.3 Å². The third-order valence-corrected chi connectivity index (χ3v) is 6.79. The van der Waals surface area contributed by atoms with Gasteiger partial charge in [-0.2, -0.15) is 0 Å². The van der Waals surface area contributed by atoms with Crippen LogP contribution in [0, 0.1) is 10.1 Å². The van der Waals surface area contributed by atoms with Gasteiger partial charge >= 0.3 is 5.00 Å². The van der Waals surface area contributed by atoms with Crippen molar-refractivity contribution in [2.75, 3.05) is 0 Å². The van der Waals surface area contributed by atoms with Gasteiger partial charge in [0.25, 0.3) is 0 Å². The Morgan fingerprint density at radius 1 is 1.19 bits per heavy atom. The molecule has 9 heteroatoms. The van der Waals surface area contributed by atoms with Crippen LogP contribution in [0.4, 0.5) is 5.00 Å². The second-order valence-corrected chi connectivity index (χ2v) is 8.68. The zero-order chi connectivity index (χ0) is 19.4. The fraction of sp³-hybridized carbons (Fsp3) is 0.556. The van der Waals surface area contributed by atoms with Gasteiger partial charge in [0.15, 0.2) is 15.8 Å². The molecule has 0 saturated heterocycles. The van der Waals surface area contributed by atoms with Crippen molar-refractivity contribution in [2.45, 2.75) is 64.2 Å². The molecule has 1 aliphatic carbocycles. The van der Waals surface area contributed by atoms with Crippen LogP contribution in [-0.4, -0.2) is 26.5 Å². The maximum atomic E-state index is 12.7. The van der Waals surface area contributed by atoms with E-state index in [0.29, 0.717) is 40.9 Å². The largest absolute Gasteiger partial charge is 0.344 e. The Labute approximate surface area is 165 Å². The Kier molecular flexibility index (Phi) is 6.43. The molecule has 3 rings (SSSR count). The summed E-state index contributed by atoms with van der Waals surface area (Å²) in [5.41, 5.74) is 0.514. The van der Waals surface area contributed by atoms with Crippen molar-refractivity contribution in [3.8, 4) is 10.0 Å². The minimum atomic E-state index is -0.466. The fourth-order valence-electron chi connectivity index (χ4n) is 2.77. The van der Waals surface area contributed by atoms with Gasteiger partial charge in [0.1, 0.15) is 17.7 Å². The van der Waals surface area contributed by atoms with Gasteiger partial charge in [-0.05, 0) is 42.9 Å². The number of Topliss-reactive ketones (excluding diaryl/α,β-unsaturated/α-hetero) is 2. The lowest BCUT2D eigenvalue weighted by Gasteiger charge is -2.01. The van der Waals surface area contributed by atoms with E-state index < -0.39 is 4.92 Å². The van der Waals surface area contributed by atoms with Crippen LogP contribution in [0.3, 0.4) is 0 Å².